The number of ketones is 6. The summed E-state index contributed by atoms with van der Waals surface area (Å²) in [6.45, 7) is 24.4. The van der Waals surface area contributed by atoms with Crippen molar-refractivity contribution in [3.63, 3.8) is 0 Å². The van der Waals surface area contributed by atoms with Crippen molar-refractivity contribution in [2.75, 3.05) is 19.8 Å². The molecule has 0 spiro atoms. The van der Waals surface area contributed by atoms with E-state index in [9.17, 15) is 43.5 Å². The fourth-order valence-corrected chi connectivity index (χ4v) is 20.6. The highest BCUT2D eigenvalue weighted by Crippen LogP contribution is 2.72. The maximum Gasteiger partial charge on any atom is 0.303 e. The summed E-state index contributed by atoms with van der Waals surface area (Å²) >= 11 is 0. The fraction of sp³-hybridized carbons (Fsp3) is 0.690. The molecule has 1 N–H and O–H groups in total. The number of allylic oxidation sites excluding steroid dienone is 13. The van der Waals surface area contributed by atoms with Crippen LogP contribution in [0.2, 0.25) is 0 Å². The smallest absolute Gasteiger partial charge is 0.303 e. The van der Waals surface area contributed by atoms with Gasteiger partial charge in [0.2, 0.25) is 0 Å². The van der Waals surface area contributed by atoms with E-state index in [-0.39, 0.29) is 92.9 Å². The Morgan fingerprint density at radius 1 is 0.512 bits per heavy atom. The fourth-order valence-electron chi connectivity index (χ4n) is 20.6. The largest absolute Gasteiger partial charge is 0.458 e. The van der Waals surface area contributed by atoms with Gasteiger partial charge in [-0.3, -0.25) is 38.4 Å². The first-order valence-corrected chi connectivity index (χ1v) is 31.5. The molecule has 6 unspecified atom stereocenters. The SMILES string of the molecule is CC(=O)OCC(=O)C1=CCC2C3CCC4=CC(=O)CC[C@]4(C)C3=CC[C@]12C.CC(=O)OCC(=O)[C@@]1(C)[C@H](C)CC2C3CCC4=CC(=O)CC[C@]4(C)C3=CC[C@@]21C.C[C@@H]1CC2C3CCC4=CC(=O)CC[C@]4(C)C3=CC[C@]2(C)[C@@]1(C)C(=O)CO. The van der Waals surface area contributed by atoms with Crippen LogP contribution < -0.4 is 0 Å². The Morgan fingerprint density at radius 3 is 1.29 bits per heavy atom. The van der Waals surface area contributed by atoms with Crippen molar-refractivity contribution in [1.29, 1.82) is 0 Å². The summed E-state index contributed by atoms with van der Waals surface area (Å²) in [4.78, 5) is 96.9. The molecule has 0 aromatic carbocycles. The highest BCUT2D eigenvalue weighted by molar-refractivity contribution is 5.99. The van der Waals surface area contributed by atoms with Gasteiger partial charge in [-0.15, -0.1) is 0 Å². The number of hydrogen-bond donors (Lipinski definition) is 1. The van der Waals surface area contributed by atoms with Gasteiger partial charge in [-0.2, -0.15) is 0 Å². The Morgan fingerprint density at radius 2 is 0.890 bits per heavy atom. The van der Waals surface area contributed by atoms with Gasteiger partial charge in [0.15, 0.2) is 47.9 Å². The van der Waals surface area contributed by atoms with Crippen LogP contribution in [0.5, 0.6) is 0 Å². The van der Waals surface area contributed by atoms with E-state index in [4.69, 9.17) is 9.47 Å². The molecule has 12 aliphatic rings. The number of esters is 2. The predicted octanol–water partition coefficient (Wildman–Crippen LogP) is 13.2. The average Bonchev–Trinajstić information content (AvgIpc) is 2.55. The Balaban J connectivity index is 0.000000138. The standard InChI is InChI=1S/C25H34O4.C23H28O4.C23H32O3/c1-15-12-21-19-7-6-17-13-18(27)8-10-23(17,3)20(19)9-11-24(21,4)25(15,5)22(28)14-29-16(2)26;1-14(24)27-13-21(26)20-7-6-18-17-5-4-15-12-16(25)8-10-22(15,2)19(17)9-11-23(18,20)3;1-14-11-19-17-6-5-15-12-16(25)7-9-21(15,2)18(17)8-10-22(19,3)23(14,4)20(26)13-24/h9,13,15,19,21H,6-8,10-12,14H2,1-5H3;7,9,12,17-18H,4-6,8,10-11,13H2,1-3H3;8,12,14,17,19,24H,5-7,9-11,13H2,1-4H3/t15-,19?,21?,23+,24+,25-;17?,18?,22-,23-;14-,17?,19?,21+,22+,23-/m101/s1. The Bertz CT molecular complexity index is 3010. The molecule has 11 heteroatoms. The summed E-state index contributed by atoms with van der Waals surface area (Å²) in [5, 5.41) is 9.63. The number of rotatable bonds is 8. The number of Topliss-reactive ketones (excluding diaryl/α,β-unsaturated/α-hetero) is 3. The van der Waals surface area contributed by atoms with E-state index in [1.807, 2.05) is 18.2 Å². The van der Waals surface area contributed by atoms with E-state index >= 15 is 0 Å². The lowest BCUT2D eigenvalue weighted by molar-refractivity contribution is -0.153. The third kappa shape index (κ3) is 9.08. The van der Waals surface area contributed by atoms with Crippen LogP contribution in [0.25, 0.3) is 0 Å². The lowest BCUT2D eigenvalue weighted by atomic mass is 9.48. The molecular weight excluding hydrogens is 1030 g/mol. The zero-order valence-corrected chi connectivity index (χ0v) is 51.5. The minimum atomic E-state index is -0.491. The van der Waals surface area contributed by atoms with E-state index in [1.165, 1.54) is 47.3 Å². The first-order chi connectivity index (χ1) is 38.5. The van der Waals surface area contributed by atoms with Crippen LogP contribution in [0.4, 0.5) is 0 Å². The molecule has 0 radical (unpaired) electrons. The summed E-state index contributed by atoms with van der Waals surface area (Å²) in [7, 11) is 0. The average molecular weight is 1120 g/mol. The van der Waals surface area contributed by atoms with E-state index in [1.54, 1.807) is 0 Å². The van der Waals surface area contributed by atoms with Crippen LogP contribution in [0.3, 0.4) is 0 Å². The van der Waals surface area contributed by atoms with E-state index in [0.29, 0.717) is 60.7 Å². The molecule has 0 bridgehead atoms. The third-order valence-electron chi connectivity index (χ3n) is 26.3. The van der Waals surface area contributed by atoms with Crippen molar-refractivity contribution in [3.05, 3.63) is 81.5 Å². The van der Waals surface area contributed by atoms with Crippen molar-refractivity contribution in [2.24, 2.45) is 90.7 Å². The van der Waals surface area contributed by atoms with Crippen LogP contribution in [-0.2, 0) is 47.8 Å². The van der Waals surface area contributed by atoms with Crippen molar-refractivity contribution >= 4 is 46.6 Å². The molecule has 0 aliphatic heterocycles. The second kappa shape index (κ2) is 21.3. The first-order valence-electron chi connectivity index (χ1n) is 31.5. The van der Waals surface area contributed by atoms with Crippen LogP contribution in [0.15, 0.2) is 81.5 Å². The Kier molecular flexibility index (Phi) is 15.6. The summed E-state index contributed by atoms with van der Waals surface area (Å²) in [5.41, 5.74) is 8.12. The lowest BCUT2D eigenvalue weighted by Crippen LogP contribution is -2.51. The molecule has 5 fully saturated rings. The number of fused-ring (bicyclic) bond motifs is 15. The third-order valence-corrected chi connectivity index (χ3v) is 26.3. The van der Waals surface area contributed by atoms with Gasteiger partial charge >= 0.3 is 11.9 Å². The zero-order chi connectivity index (χ0) is 59.5. The first kappa shape index (κ1) is 60.2. The van der Waals surface area contributed by atoms with E-state index in [2.05, 4.69) is 93.5 Å². The number of carbonyl (C=O) groups is 8. The number of ether oxygens (including phenoxy) is 2. The molecule has 0 aromatic heterocycles. The Hall–Kier alpha value is -4.90. The van der Waals surface area contributed by atoms with Crippen molar-refractivity contribution in [3.8, 4) is 0 Å². The molecule has 0 aromatic rings. The van der Waals surface area contributed by atoms with Crippen LogP contribution >= 0.6 is 0 Å². The maximum absolute atomic E-state index is 13.3. The van der Waals surface area contributed by atoms with Gasteiger partial charge < -0.3 is 14.6 Å². The quantitative estimate of drug-likeness (QED) is 0.181. The number of carbonyl (C=O) groups excluding carboxylic acids is 8. The molecule has 444 valence electrons. The second-order valence-corrected chi connectivity index (χ2v) is 29.5. The molecule has 0 amide bonds. The molecule has 82 heavy (non-hydrogen) atoms. The molecule has 12 aliphatic carbocycles. The monoisotopic (exact) mass is 1120 g/mol. The minimum Gasteiger partial charge on any atom is -0.458 e. The number of hydrogen-bond acceptors (Lipinski definition) is 11. The second-order valence-electron chi connectivity index (χ2n) is 29.5. The summed E-state index contributed by atoms with van der Waals surface area (Å²) in [6.07, 6.45) is 31.6. The van der Waals surface area contributed by atoms with Gasteiger partial charge in [0.1, 0.15) is 6.61 Å². The predicted molar refractivity (Wildman–Crippen MR) is 314 cm³/mol. The van der Waals surface area contributed by atoms with Gasteiger partial charge in [-0.1, -0.05) is 127 Å². The van der Waals surface area contributed by atoms with Gasteiger partial charge in [-0.25, -0.2) is 0 Å². The highest BCUT2D eigenvalue weighted by atomic mass is 16.5. The molecule has 0 heterocycles. The maximum atomic E-state index is 13.3. The van der Waals surface area contributed by atoms with Crippen LogP contribution in [0, 0.1) is 90.7 Å². The van der Waals surface area contributed by atoms with E-state index in [0.717, 1.165) is 102 Å². The number of aliphatic hydroxyl groups excluding tert-OH is 1. The minimum absolute atomic E-state index is 0.0118. The van der Waals surface area contributed by atoms with Gasteiger partial charge in [0.25, 0.3) is 0 Å². The molecule has 5 saturated carbocycles. The van der Waals surface area contributed by atoms with Gasteiger partial charge in [-0.05, 0) is 173 Å². The van der Waals surface area contributed by atoms with Crippen molar-refractivity contribution in [2.45, 2.75) is 199 Å². The highest BCUT2D eigenvalue weighted by Gasteiger charge is 2.67. The van der Waals surface area contributed by atoms with Gasteiger partial charge in [0.05, 0.1) is 0 Å². The van der Waals surface area contributed by atoms with Crippen LogP contribution in [0.1, 0.15) is 199 Å². The van der Waals surface area contributed by atoms with E-state index < -0.39 is 22.8 Å². The normalized spacial score (nSPS) is 42.7. The lowest BCUT2D eigenvalue weighted by Gasteiger charge is -2.55. The van der Waals surface area contributed by atoms with Crippen molar-refractivity contribution < 1.29 is 52.9 Å². The zero-order valence-electron chi connectivity index (χ0n) is 51.5. The molecule has 12 rings (SSSR count). The molecular formula is C71H94O11. The van der Waals surface area contributed by atoms with Crippen molar-refractivity contribution in [1.82, 2.24) is 0 Å². The Labute approximate surface area is 488 Å². The molecule has 0 saturated heterocycles. The topological polar surface area (TPSA) is 175 Å². The summed E-state index contributed by atoms with van der Waals surface area (Å²) in [5.74, 6) is 3.42. The van der Waals surface area contributed by atoms with Crippen LogP contribution in [-0.4, -0.2) is 71.6 Å². The molecule has 11 nitrogen and oxygen atoms in total. The number of aliphatic hydroxyl groups is 1. The molecule has 16 atom stereocenters. The summed E-state index contributed by atoms with van der Waals surface area (Å²) in [6, 6.07) is 0. The van der Waals surface area contributed by atoms with Gasteiger partial charge in [0, 0.05) is 71.2 Å². The summed E-state index contributed by atoms with van der Waals surface area (Å²) < 4.78 is 10.1.